The van der Waals surface area contributed by atoms with Crippen LogP contribution in [0.5, 0.6) is 0 Å². The number of fused-ring (bicyclic) bond motifs is 1. The smallest absolute Gasteiger partial charge is 0.288 e. The van der Waals surface area contributed by atoms with Gasteiger partial charge < -0.3 is 4.98 Å². The summed E-state index contributed by atoms with van der Waals surface area (Å²) in [7, 11) is 0. The summed E-state index contributed by atoms with van der Waals surface area (Å²) < 4.78 is 0. The van der Waals surface area contributed by atoms with E-state index in [9.17, 15) is 14.9 Å². The van der Waals surface area contributed by atoms with E-state index in [2.05, 4.69) is 9.97 Å². The molecule has 1 N–H and O–H groups in total. The first kappa shape index (κ1) is 8.36. The number of H-pyrrole nitrogens is 1. The molecule has 0 aliphatic carbocycles. The zero-order valence-corrected chi connectivity index (χ0v) is 6.93. The van der Waals surface area contributed by atoms with Gasteiger partial charge in [0.05, 0.1) is 4.92 Å². The molecule has 0 saturated heterocycles. The molecule has 2 heterocycles. The van der Waals surface area contributed by atoms with E-state index in [1.54, 1.807) is 6.07 Å². The lowest BCUT2D eigenvalue weighted by Crippen LogP contribution is -2.06. The van der Waals surface area contributed by atoms with Crippen molar-refractivity contribution in [1.29, 1.82) is 0 Å². The van der Waals surface area contributed by atoms with E-state index in [0.717, 1.165) is 6.20 Å². The van der Waals surface area contributed by atoms with Crippen LogP contribution in [0.2, 0.25) is 0 Å². The molecule has 0 aromatic carbocycles. The fourth-order valence-electron chi connectivity index (χ4n) is 1.16. The maximum absolute atomic E-state index is 11.2. The highest BCUT2D eigenvalue weighted by Crippen LogP contribution is 2.14. The lowest BCUT2D eigenvalue weighted by molar-refractivity contribution is -0.385. The largest absolute Gasteiger partial charge is 0.327 e. The van der Waals surface area contributed by atoms with Crippen LogP contribution in [0.1, 0.15) is 0 Å². The number of aromatic amines is 1. The lowest BCUT2D eigenvalue weighted by Gasteiger charge is -1.94. The van der Waals surface area contributed by atoms with Gasteiger partial charge in [0.15, 0.2) is 0 Å². The maximum Gasteiger partial charge on any atom is 0.288 e. The standard InChI is InChI=1S/C8H5N3O3/c12-8-7-5(1-2-9-8)3-6(4-10-7)11(13)14/h1-4H,(H,9,12). The van der Waals surface area contributed by atoms with Crippen molar-refractivity contribution in [2.75, 3.05) is 0 Å². The van der Waals surface area contributed by atoms with E-state index in [0.29, 0.717) is 5.39 Å². The second-order valence-electron chi connectivity index (χ2n) is 2.70. The summed E-state index contributed by atoms with van der Waals surface area (Å²) in [5.74, 6) is 0. The second kappa shape index (κ2) is 2.91. The van der Waals surface area contributed by atoms with Gasteiger partial charge in [-0.2, -0.15) is 0 Å². The summed E-state index contributed by atoms with van der Waals surface area (Å²) in [6.07, 6.45) is 2.49. The van der Waals surface area contributed by atoms with Gasteiger partial charge in [-0.15, -0.1) is 0 Å². The molecule has 0 saturated carbocycles. The van der Waals surface area contributed by atoms with Gasteiger partial charge in [-0.05, 0) is 6.07 Å². The fourth-order valence-corrected chi connectivity index (χ4v) is 1.16. The Hall–Kier alpha value is -2.24. The van der Waals surface area contributed by atoms with E-state index >= 15 is 0 Å². The molecule has 0 fully saturated rings. The topological polar surface area (TPSA) is 88.9 Å². The monoisotopic (exact) mass is 191 g/mol. The number of hydrogen-bond acceptors (Lipinski definition) is 4. The SMILES string of the molecule is O=c1[nH]ccc2cc([N+](=O)[O-])cnc12. The lowest BCUT2D eigenvalue weighted by atomic mass is 10.2. The van der Waals surface area contributed by atoms with E-state index in [4.69, 9.17) is 0 Å². The number of aromatic nitrogens is 2. The minimum absolute atomic E-state index is 0.122. The summed E-state index contributed by atoms with van der Waals surface area (Å²) in [6, 6.07) is 2.88. The molecule has 0 amide bonds. The Bertz CT molecular complexity index is 561. The molecule has 0 unspecified atom stereocenters. The molecule has 14 heavy (non-hydrogen) atoms. The molecule has 0 radical (unpaired) electrons. The normalized spacial score (nSPS) is 10.3. The number of rotatable bonds is 1. The van der Waals surface area contributed by atoms with Crippen LogP contribution in [0.3, 0.4) is 0 Å². The summed E-state index contributed by atoms with van der Waals surface area (Å²) in [5, 5.41) is 10.9. The highest BCUT2D eigenvalue weighted by Gasteiger charge is 2.08. The van der Waals surface area contributed by atoms with Crippen LogP contribution in [-0.4, -0.2) is 14.9 Å². The summed E-state index contributed by atoms with van der Waals surface area (Å²) in [6.45, 7) is 0. The highest BCUT2D eigenvalue weighted by atomic mass is 16.6. The molecule has 0 aliphatic heterocycles. The predicted octanol–water partition coefficient (Wildman–Crippen LogP) is 0.831. The molecule has 6 heteroatoms. The summed E-state index contributed by atoms with van der Waals surface area (Å²) >= 11 is 0. The Kier molecular flexibility index (Phi) is 1.74. The van der Waals surface area contributed by atoms with Crippen molar-refractivity contribution in [3.05, 3.63) is 45.0 Å². The van der Waals surface area contributed by atoms with Gasteiger partial charge in [0, 0.05) is 17.6 Å². The molecule has 2 aromatic heterocycles. The van der Waals surface area contributed by atoms with Crippen molar-refractivity contribution in [2.45, 2.75) is 0 Å². The molecule has 0 spiro atoms. The quantitative estimate of drug-likeness (QED) is 0.534. The van der Waals surface area contributed by atoms with Crippen molar-refractivity contribution in [1.82, 2.24) is 9.97 Å². The number of pyridine rings is 2. The average molecular weight is 191 g/mol. The average Bonchev–Trinajstić information content (AvgIpc) is 2.17. The minimum atomic E-state index is -0.548. The van der Waals surface area contributed by atoms with Crippen molar-refractivity contribution in [3.63, 3.8) is 0 Å². The molecule has 0 atom stereocenters. The van der Waals surface area contributed by atoms with Gasteiger partial charge in [0.2, 0.25) is 0 Å². The van der Waals surface area contributed by atoms with Crippen molar-refractivity contribution >= 4 is 16.6 Å². The zero-order valence-electron chi connectivity index (χ0n) is 6.93. The third kappa shape index (κ3) is 1.22. The molecule has 0 aliphatic rings. The molecular formula is C8H5N3O3. The zero-order chi connectivity index (χ0) is 10.1. The second-order valence-corrected chi connectivity index (χ2v) is 2.70. The molecule has 2 rings (SSSR count). The van der Waals surface area contributed by atoms with Crippen LogP contribution in [-0.2, 0) is 0 Å². The first-order valence-corrected chi connectivity index (χ1v) is 3.80. The molecule has 6 nitrogen and oxygen atoms in total. The Morgan fingerprint density at radius 2 is 2.29 bits per heavy atom. The van der Waals surface area contributed by atoms with E-state index in [1.807, 2.05) is 0 Å². The predicted molar refractivity (Wildman–Crippen MR) is 49.0 cm³/mol. The summed E-state index contributed by atoms with van der Waals surface area (Å²) in [4.78, 5) is 27.2. The van der Waals surface area contributed by atoms with Crippen molar-refractivity contribution in [3.8, 4) is 0 Å². The number of nitrogens with zero attached hydrogens (tertiary/aromatic N) is 2. The Labute approximate surface area is 77.4 Å². The van der Waals surface area contributed by atoms with E-state index in [1.165, 1.54) is 12.3 Å². The maximum atomic E-state index is 11.2. The van der Waals surface area contributed by atoms with Gasteiger partial charge >= 0.3 is 0 Å². The van der Waals surface area contributed by atoms with Crippen LogP contribution < -0.4 is 5.56 Å². The molecule has 0 bridgehead atoms. The fraction of sp³-hybridized carbons (Fsp3) is 0. The van der Waals surface area contributed by atoms with Gasteiger partial charge in [0.1, 0.15) is 11.7 Å². The number of nitro groups is 1. The summed E-state index contributed by atoms with van der Waals surface area (Å²) in [5.41, 5.74) is -0.265. The third-order valence-electron chi connectivity index (χ3n) is 1.81. The van der Waals surface area contributed by atoms with Crippen LogP contribution >= 0.6 is 0 Å². The first-order chi connectivity index (χ1) is 6.68. The molecule has 70 valence electrons. The van der Waals surface area contributed by atoms with Crippen LogP contribution in [0.15, 0.2) is 29.3 Å². The van der Waals surface area contributed by atoms with Gasteiger partial charge in [-0.1, -0.05) is 0 Å². The molecular weight excluding hydrogens is 186 g/mol. The number of hydrogen-bond donors (Lipinski definition) is 1. The van der Waals surface area contributed by atoms with E-state index in [-0.39, 0.29) is 16.8 Å². The third-order valence-corrected chi connectivity index (χ3v) is 1.81. The van der Waals surface area contributed by atoms with E-state index < -0.39 is 4.92 Å². The minimum Gasteiger partial charge on any atom is -0.327 e. The van der Waals surface area contributed by atoms with Gasteiger partial charge in [-0.25, -0.2) is 4.98 Å². The molecule has 2 aromatic rings. The highest BCUT2D eigenvalue weighted by molar-refractivity contribution is 5.79. The van der Waals surface area contributed by atoms with Crippen LogP contribution in [0, 0.1) is 10.1 Å². The number of nitrogens with one attached hydrogen (secondary N) is 1. The van der Waals surface area contributed by atoms with Gasteiger partial charge in [-0.3, -0.25) is 14.9 Å². The van der Waals surface area contributed by atoms with Crippen LogP contribution in [0.4, 0.5) is 5.69 Å². The van der Waals surface area contributed by atoms with Crippen molar-refractivity contribution in [2.24, 2.45) is 0 Å². The van der Waals surface area contributed by atoms with Crippen LogP contribution in [0.25, 0.3) is 10.9 Å². The van der Waals surface area contributed by atoms with Gasteiger partial charge in [0.25, 0.3) is 11.2 Å². The van der Waals surface area contributed by atoms with Crippen molar-refractivity contribution < 1.29 is 4.92 Å². The Morgan fingerprint density at radius 1 is 1.50 bits per heavy atom. The Morgan fingerprint density at radius 3 is 3.00 bits per heavy atom. The Balaban J connectivity index is 2.80. The first-order valence-electron chi connectivity index (χ1n) is 3.80.